The second-order valence-electron chi connectivity index (χ2n) is 9.55. The maximum atomic E-state index is 13.1. The number of halogens is 1. The first-order chi connectivity index (χ1) is 13.2. The number of carbonyl (C=O) groups excluding carboxylic acids is 1. The van der Waals surface area contributed by atoms with Crippen LogP contribution in [0.15, 0.2) is 42.6 Å². The monoisotopic (exact) mass is 400 g/mol. The van der Waals surface area contributed by atoms with Crippen LogP contribution in [-0.4, -0.2) is 21.4 Å². The van der Waals surface area contributed by atoms with Crippen LogP contribution < -0.4 is 0 Å². The van der Waals surface area contributed by atoms with Gasteiger partial charge in [-0.2, -0.15) is 0 Å². The predicted molar refractivity (Wildman–Crippen MR) is 116 cm³/mol. The Hall–Kier alpha value is -1.74. The second-order valence-corrected chi connectivity index (χ2v) is 9.95. The highest BCUT2D eigenvalue weighted by atomic mass is 35.5. The van der Waals surface area contributed by atoms with Crippen LogP contribution in [0.25, 0.3) is 0 Å². The van der Waals surface area contributed by atoms with Crippen molar-refractivity contribution in [3.63, 3.8) is 0 Å². The minimum absolute atomic E-state index is 0.258. The maximum absolute atomic E-state index is 13.1. The van der Waals surface area contributed by atoms with Crippen LogP contribution in [0.5, 0.6) is 0 Å². The van der Waals surface area contributed by atoms with Crippen molar-refractivity contribution in [2.24, 2.45) is 11.3 Å². The van der Waals surface area contributed by atoms with Crippen molar-refractivity contribution in [2.75, 3.05) is 0 Å². The Morgan fingerprint density at radius 2 is 1.93 bits per heavy atom. The Balaban J connectivity index is 1.68. The summed E-state index contributed by atoms with van der Waals surface area (Å²) in [6, 6.07) is 12.6. The molecule has 3 rings (SSSR count). The molecule has 0 aliphatic heterocycles. The minimum atomic E-state index is 0.258. The van der Waals surface area contributed by atoms with Gasteiger partial charge in [-0.1, -0.05) is 57.5 Å². The van der Waals surface area contributed by atoms with Crippen molar-refractivity contribution in [3.05, 3.63) is 58.9 Å². The van der Waals surface area contributed by atoms with E-state index >= 15 is 0 Å². The van der Waals surface area contributed by atoms with Crippen molar-refractivity contribution in [1.82, 2.24) is 9.47 Å². The number of amides is 1. The molecule has 1 heterocycles. The molecular weight excluding hydrogens is 368 g/mol. The normalized spacial score (nSPS) is 15.5. The summed E-state index contributed by atoms with van der Waals surface area (Å²) in [4.78, 5) is 15.2. The molecule has 1 aliphatic carbocycles. The molecule has 0 N–H and O–H groups in total. The smallest absolute Gasteiger partial charge is 0.223 e. The standard InChI is InChI=1S/C24H33ClN2O/c1-18(15-24(2,3)4)14-23(28)27(20-11-12-20)17-21-9-7-13-26(21)16-19-8-5-6-10-22(19)25/h5-10,13,18,20H,11-12,14-17H2,1-4H3. The molecule has 1 aromatic heterocycles. The summed E-state index contributed by atoms with van der Waals surface area (Å²) >= 11 is 6.34. The zero-order chi connectivity index (χ0) is 20.3. The second kappa shape index (κ2) is 8.73. The van der Waals surface area contributed by atoms with E-state index in [1.165, 1.54) is 5.69 Å². The van der Waals surface area contributed by atoms with Crippen LogP contribution in [-0.2, 0) is 17.9 Å². The fourth-order valence-corrected chi connectivity index (χ4v) is 4.27. The number of hydrogen-bond acceptors (Lipinski definition) is 1. The molecule has 1 saturated carbocycles. The number of nitrogens with zero attached hydrogens (tertiary/aromatic N) is 2. The van der Waals surface area contributed by atoms with Crippen LogP contribution in [0.4, 0.5) is 0 Å². The molecule has 3 nitrogen and oxygen atoms in total. The van der Waals surface area contributed by atoms with Gasteiger partial charge in [-0.25, -0.2) is 0 Å². The molecule has 1 amide bonds. The van der Waals surface area contributed by atoms with E-state index in [-0.39, 0.29) is 5.41 Å². The minimum Gasteiger partial charge on any atom is -0.345 e. The third kappa shape index (κ3) is 5.88. The largest absolute Gasteiger partial charge is 0.345 e. The Labute approximate surface area is 174 Å². The lowest BCUT2D eigenvalue weighted by Gasteiger charge is -2.27. The topological polar surface area (TPSA) is 25.2 Å². The molecule has 2 aromatic rings. The molecule has 0 saturated heterocycles. The third-order valence-electron chi connectivity index (χ3n) is 5.35. The zero-order valence-electron chi connectivity index (χ0n) is 17.6. The molecule has 0 spiro atoms. The highest BCUT2D eigenvalue weighted by Gasteiger charge is 2.33. The van der Waals surface area contributed by atoms with Crippen molar-refractivity contribution >= 4 is 17.5 Å². The van der Waals surface area contributed by atoms with Crippen molar-refractivity contribution in [1.29, 1.82) is 0 Å². The number of aromatic nitrogens is 1. The third-order valence-corrected chi connectivity index (χ3v) is 5.72. The van der Waals surface area contributed by atoms with Gasteiger partial charge in [0.25, 0.3) is 0 Å². The molecule has 1 aliphatic rings. The first-order valence-electron chi connectivity index (χ1n) is 10.4. The molecule has 0 radical (unpaired) electrons. The average Bonchev–Trinajstić information content (AvgIpc) is 3.33. The van der Waals surface area contributed by atoms with Gasteiger partial charge in [-0.05, 0) is 54.4 Å². The Morgan fingerprint density at radius 1 is 1.21 bits per heavy atom. The van der Waals surface area contributed by atoms with Crippen LogP contribution >= 0.6 is 11.6 Å². The fourth-order valence-electron chi connectivity index (χ4n) is 4.07. The fraction of sp³-hybridized carbons (Fsp3) is 0.542. The van der Waals surface area contributed by atoms with Crippen LogP contribution in [0.3, 0.4) is 0 Å². The Kier molecular flexibility index (Phi) is 6.54. The Morgan fingerprint density at radius 3 is 2.57 bits per heavy atom. The molecule has 28 heavy (non-hydrogen) atoms. The summed E-state index contributed by atoms with van der Waals surface area (Å²) in [5.41, 5.74) is 2.53. The van der Waals surface area contributed by atoms with Crippen LogP contribution in [0.2, 0.25) is 5.02 Å². The summed E-state index contributed by atoms with van der Waals surface area (Å²) in [5, 5.41) is 0.785. The molecule has 1 fully saturated rings. The molecular formula is C24H33ClN2O. The zero-order valence-corrected chi connectivity index (χ0v) is 18.4. The Bertz CT molecular complexity index is 801. The summed E-state index contributed by atoms with van der Waals surface area (Å²) in [7, 11) is 0. The van der Waals surface area contributed by atoms with Gasteiger partial charge in [0, 0.05) is 35.9 Å². The highest BCUT2D eigenvalue weighted by molar-refractivity contribution is 6.31. The van der Waals surface area contributed by atoms with Crippen LogP contribution in [0.1, 0.15) is 64.6 Å². The van der Waals surface area contributed by atoms with Crippen molar-refractivity contribution < 1.29 is 4.79 Å². The first kappa shape index (κ1) is 21.0. The van der Waals surface area contributed by atoms with E-state index in [1.54, 1.807) is 0 Å². The predicted octanol–water partition coefficient (Wildman–Crippen LogP) is 6.14. The number of carbonyl (C=O) groups is 1. The van der Waals surface area contributed by atoms with E-state index in [9.17, 15) is 4.79 Å². The van der Waals surface area contributed by atoms with Gasteiger partial charge < -0.3 is 9.47 Å². The molecule has 1 aromatic carbocycles. The van der Waals surface area contributed by atoms with Gasteiger partial charge >= 0.3 is 0 Å². The van der Waals surface area contributed by atoms with Gasteiger partial charge in [0.1, 0.15) is 0 Å². The molecule has 0 bridgehead atoms. The van der Waals surface area contributed by atoms with Crippen molar-refractivity contribution in [3.8, 4) is 0 Å². The number of rotatable bonds is 8. The van der Waals surface area contributed by atoms with Crippen LogP contribution in [0, 0.1) is 11.3 Å². The highest BCUT2D eigenvalue weighted by Crippen LogP contribution is 2.32. The van der Waals surface area contributed by atoms with E-state index in [0.717, 1.165) is 36.4 Å². The SMILES string of the molecule is CC(CC(=O)N(Cc1cccn1Cc1ccccc1Cl)C1CC1)CC(C)(C)C. The molecule has 152 valence electrons. The summed E-state index contributed by atoms with van der Waals surface area (Å²) in [6.07, 6.45) is 6.05. The summed E-state index contributed by atoms with van der Waals surface area (Å²) in [6.45, 7) is 10.4. The van der Waals surface area contributed by atoms with E-state index in [2.05, 4.69) is 61.6 Å². The molecule has 1 atom stereocenters. The lowest BCUT2D eigenvalue weighted by Crippen LogP contribution is -2.34. The van der Waals surface area contributed by atoms with Crippen molar-refractivity contribution in [2.45, 2.75) is 72.5 Å². The lowest BCUT2D eigenvalue weighted by atomic mass is 9.84. The lowest BCUT2D eigenvalue weighted by molar-refractivity contribution is -0.133. The van der Waals surface area contributed by atoms with Gasteiger partial charge in [0.15, 0.2) is 0 Å². The average molecular weight is 401 g/mol. The molecule has 4 heteroatoms. The van der Waals surface area contributed by atoms with Gasteiger partial charge in [-0.15, -0.1) is 0 Å². The van der Waals surface area contributed by atoms with Gasteiger partial charge in [-0.3, -0.25) is 4.79 Å². The quantitative estimate of drug-likeness (QED) is 0.522. The summed E-state index contributed by atoms with van der Waals surface area (Å²) < 4.78 is 2.21. The van der Waals surface area contributed by atoms with Gasteiger partial charge in [0.05, 0.1) is 6.54 Å². The first-order valence-corrected chi connectivity index (χ1v) is 10.8. The number of benzene rings is 1. The van der Waals surface area contributed by atoms with E-state index in [1.807, 2.05) is 18.2 Å². The molecule has 1 unspecified atom stereocenters. The van der Waals surface area contributed by atoms with E-state index in [0.29, 0.717) is 30.8 Å². The van der Waals surface area contributed by atoms with E-state index < -0.39 is 0 Å². The van der Waals surface area contributed by atoms with E-state index in [4.69, 9.17) is 11.6 Å². The maximum Gasteiger partial charge on any atom is 0.223 e. The number of hydrogen-bond donors (Lipinski definition) is 0. The summed E-state index contributed by atoms with van der Waals surface area (Å²) in [5.74, 6) is 0.702. The van der Waals surface area contributed by atoms with Gasteiger partial charge in [0.2, 0.25) is 5.91 Å².